The van der Waals surface area contributed by atoms with Crippen LogP contribution >= 0.6 is 0 Å². The fraction of sp³-hybridized carbons (Fsp3) is 0. The van der Waals surface area contributed by atoms with Crippen LogP contribution in [0, 0.1) is 0 Å². The predicted octanol–water partition coefficient (Wildman–Crippen LogP) is -1.53. The molecule has 0 rings (SSSR count). The summed E-state index contributed by atoms with van der Waals surface area (Å²) in [5.41, 5.74) is 0. The first-order valence-corrected chi connectivity index (χ1v) is 0. The second-order valence-corrected chi connectivity index (χ2v) is 0. The minimum absolute atomic E-state index is 0. The number of hydrogen-bond donors (Lipinski definition) is 0. The second-order valence-electron chi connectivity index (χ2n) is 0. The average Bonchev–Trinajstić information content (AvgIpc) is 0. The second kappa shape index (κ2) is 464. The van der Waals surface area contributed by atoms with Crippen LogP contribution in [0.15, 0.2) is 0 Å². The van der Waals surface area contributed by atoms with Crippen molar-refractivity contribution in [1.29, 1.82) is 0 Å². The Kier molecular flexibility index (Phi) is 63300. The van der Waals surface area contributed by atoms with E-state index in [1.807, 2.05) is 0 Å². The predicted molar refractivity (Wildman–Crippen MR) is 11.4 cm³/mol. The molecule has 0 aliphatic rings. The number of rotatable bonds is 0. The monoisotopic (exact) mass is 270 g/mol. The zero-order valence-corrected chi connectivity index (χ0v) is 5.63. The van der Waals surface area contributed by atoms with E-state index in [9.17, 15) is 0 Å². The minimum Gasteiger partial charge on any atom is -0.870 e. The number of hydrogen-bond acceptors (Lipinski definition) is 4. The summed E-state index contributed by atoms with van der Waals surface area (Å²) in [6.45, 7) is 0. The van der Waals surface area contributed by atoms with Crippen molar-refractivity contribution in [2.75, 3.05) is 0 Å². The van der Waals surface area contributed by atoms with Crippen LogP contribution in [0.1, 0.15) is 0 Å². The molecular weight excluding hydrogens is 264 g/mol. The van der Waals surface area contributed by atoms with E-state index in [0.29, 0.717) is 0 Å². The quantitative estimate of drug-likeness (QED) is 0.523. The van der Waals surface area contributed by atoms with Gasteiger partial charge >= 0.3 is 0 Å². The van der Waals surface area contributed by atoms with Crippen molar-refractivity contribution >= 4 is 0 Å². The summed E-state index contributed by atoms with van der Waals surface area (Å²) >= 11 is 0. The third-order valence-electron chi connectivity index (χ3n) is 0. The van der Waals surface area contributed by atoms with Crippen LogP contribution in [0.25, 0.3) is 0 Å². The smallest absolute Gasteiger partial charge is 0 e. The Morgan fingerprint density at radius 2 is 0.500 bits per heavy atom. The van der Waals surface area contributed by atoms with Crippen molar-refractivity contribution in [3.05, 3.63) is 0 Å². The average molecular weight is 270 g/mol. The molecule has 0 heterocycles. The Balaban J connectivity index is 0. The zero-order chi connectivity index (χ0) is 0. The minimum atomic E-state index is 0. The summed E-state index contributed by atoms with van der Waals surface area (Å²) in [5.74, 6) is 0. The van der Waals surface area contributed by atoms with Gasteiger partial charge in [-0.15, -0.1) is 0 Å². The molecule has 0 saturated carbocycles. The van der Waals surface area contributed by atoms with E-state index in [1.165, 1.54) is 0 Å². The van der Waals surface area contributed by atoms with Crippen LogP contribution in [-0.2, 0) is 21.1 Å². The van der Waals surface area contributed by atoms with Gasteiger partial charge in [0.25, 0.3) is 0 Å². The van der Waals surface area contributed by atoms with E-state index in [0.717, 1.165) is 0 Å². The molecule has 0 aliphatic heterocycles. The van der Waals surface area contributed by atoms with E-state index < -0.39 is 0 Å². The maximum Gasteiger partial charge on any atom is 0 e. The van der Waals surface area contributed by atoms with Crippen molar-refractivity contribution in [2.24, 2.45) is 0 Å². The van der Waals surface area contributed by atoms with E-state index >= 15 is 0 Å². The van der Waals surface area contributed by atoms with E-state index in [-0.39, 0.29) is 48.4 Å². The van der Waals surface area contributed by atoms with Crippen molar-refractivity contribution < 1.29 is 48.4 Å². The molecule has 0 atom stereocenters. The summed E-state index contributed by atoms with van der Waals surface area (Å²) in [6.07, 6.45) is 0. The molecule has 0 aliphatic carbocycles. The first-order valence-electron chi connectivity index (χ1n) is 0. The molecule has 0 saturated heterocycles. The molecule has 0 unspecified atom stereocenters. The fourth-order valence-corrected chi connectivity index (χ4v) is 0. The van der Waals surface area contributed by atoms with Crippen LogP contribution in [-0.4, -0.2) is 27.4 Å². The fourth-order valence-electron chi connectivity index (χ4n) is 0. The third kappa shape index (κ3) is 229. The van der Waals surface area contributed by atoms with E-state index in [2.05, 4.69) is 0 Å². The van der Waals surface area contributed by atoms with Gasteiger partial charge in [0, 0.05) is 21.1 Å². The van der Waals surface area contributed by atoms with E-state index in [1.54, 1.807) is 0 Å². The Labute approximate surface area is 49.2 Å². The van der Waals surface area contributed by atoms with Gasteiger partial charge in [0.05, 0.1) is 0 Å². The van der Waals surface area contributed by atoms with Gasteiger partial charge in [-0.2, -0.15) is 0 Å². The van der Waals surface area contributed by atoms with Crippen molar-refractivity contribution in [3.8, 4) is 0 Å². The Bertz CT molecular complexity index is 3.90. The van der Waals surface area contributed by atoms with Gasteiger partial charge in [-0.25, -0.2) is 0 Å². The molecule has 0 aromatic heterocycles. The zero-order valence-electron chi connectivity index (χ0n) is 2.70. The molecule has 5 nitrogen and oxygen atoms in total. The molecule has 6 heavy (non-hydrogen) atoms. The molecule has 0 spiro atoms. The molecule has 0 aromatic rings. The SMILES string of the molecule is O.[OH-].[OH-].[OH-].[OH-].[W]. The molecule has 0 aromatic carbocycles. The molecule has 0 amide bonds. The third-order valence-corrected chi connectivity index (χ3v) is 0. The molecule has 6 N–H and O–H groups in total. The summed E-state index contributed by atoms with van der Waals surface area (Å²) in [7, 11) is 0. The summed E-state index contributed by atoms with van der Waals surface area (Å²) in [4.78, 5) is 0. The first-order chi connectivity index (χ1) is 0. The van der Waals surface area contributed by atoms with Crippen molar-refractivity contribution in [3.63, 3.8) is 0 Å². The van der Waals surface area contributed by atoms with Crippen LogP contribution in [0.5, 0.6) is 0 Å². The van der Waals surface area contributed by atoms with Crippen LogP contribution in [0.4, 0.5) is 0 Å². The van der Waals surface area contributed by atoms with Crippen LogP contribution in [0.2, 0.25) is 0 Å². The molecule has 6 heteroatoms. The van der Waals surface area contributed by atoms with Gasteiger partial charge in [-0.1, -0.05) is 0 Å². The van der Waals surface area contributed by atoms with Crippen molar-refractivity contribution in [2.45, 2.75) is 0 Å². The Morgan fingerprint density at radius 1 is 0.500 bits per heavy atom. The molecular formula is H6O5W-4. The molecule has 0 fully saturated rings. The molecule has 46 valence electrons. The normalized spacial score (nSPS) is 0. The topological polar surface area (TPSA) is 152 Å². The standard InChI is InChI=1S/5H2O.W/h5*1H2;/p-4. The van der Waals surface area contributed by atoms with E-state index in [4.69, 9.17) is 0 Å². The molecule has 0 bridgehead atoms. The maximum atomic E-state index is 0. The van der Waals surface area contributed by atoms with Gasteiger partial charge in [-0.3, -0.25) is 0 Å². The Hall–Kier alpha value is 0.488. The summed E-state index contributed by atoms with van der Waals surface area (Å²) in [6, 6.07) is 0. The van der Waals surface area contributed by atoms with Gasteiger partial charge in [0.15, 0.2) is 0 Å². The van der Waals surface area contributed by atoms with Crippen LogP contribution < -0.4 is 0 Å². The summed E-state index contributed by atoms with van der Waals surface area (Å²) < 4.78 is 0. The maximum absolute atomic E-state index is 0. The van der Waals surface area contributed by atoms with Gasteiger partial charge in [0.2, 0.25) is 0 Å². The van der Waals surface area contributed by atoms with Gasteiger partial charge < -0.3 is 27.4 Å². The Morgan fingerprint density at radius 3 is 0.500 bits per heavy atom. The van der Waals surface area contributed by atoms with Gasteiger partial charge in [0.1, 0.15) is 0 Å². The van der Waals surface area contributed by atoms with Crippen molar-refractivity contribution in [1.82, 2.24) is 0 Å². The molecule has 0 radical (unpaired) electrons. The van der Waals surface area contributed by atoms with Gasteiger partial charge in [-0.05, 0) is 0 Å². The summed E-state index contributed by atoms with van der Waals surface area (Å²) in [5, 5.41) is 0. The first kappa shape index (κ1) is 820. The van der Waals surface area contributed by atoms with Crippen LogP contribution in [0.3, 0.4) is 0 Å². The largest absolute Gasteiger partial charge is 0.870 e.